The predicted octanol–water partition coefficient (Wildman–Crippen LogP) is 6.81. The van der Waals surface area contributed by atoms with Gasteiger partial charge in [0.1, 0.15) is 17.2 Å². The average molecular weight is 478 g/mol. The second kappa shape index (κ2) is 14.0. The Hall–Kier alpha value is -3.54. The van der Waals surface area contributed by atoms with Crippen LogP contribution in [0.5, 0.6) is 17.2 Å². The Kier molecular flexibility index (Phi) is 10.4. The Morgan fingerprint density at radius 2 is 1.23 bits per heavy atom. The number of rotatable bonds is 15. The lowest BCUT2D eigenvalue weighted by atomic mass is 10.1. The van der Waals surface area contributed by atoms with Crippen molar-refractivity contribution in [3.05, 3.63) is 72.8 Å². The number of unbranched alkanes of at least 4 members (excludes halogenated alkanes) is 4. The number of ether oxygens (including phenoxy) is 3. The second-order valence-electron chi connectivity index (χ2n) is 8.84. The largest absolute Gasteiger partial charge is 0.490 e. The Morgan fingerprint density at radius 1 is 0.629 bits per heavy atom. The van der Waals surface area contributed by atoms with Crippen LogP contribution in [-0.4, -0.2) is 12.4 Å². The van der Waals surface area contributed by atoms with E-state index in [9.17, 15) is 0 Å². The molecular weight excluding hydrogens is 438 g/mol. The van der Waals surface area contributed by atoms with Gasteiger partial charge in [-0.2, -0.15) is 0 Å². The van der Waals surface area contributed by atoms with Gasteiger partial charge in [-0.3, -0.25) is 0 Å². The van der Waals surface area contributed by atoms with Gasteiger partial charge in [0.2, 0.25) is 6.29 Å². The summed E-state index contributed by atoms with van der Waals surface area (Å²) >= 11 is 0. The van der Waals surface area contributed by atoms with Gasteiger partial charge in [0.15, 0.2) is 0 Å². The van der Waals surface area contributed by atoms with Gasteiger partial charge < -0.3 is 31.4 Å². The molecule has 3 rings (SSSR count). The van der Waals surface area contributed by atoms with Crippen molar-refractivity contribution < 1.29 is 14.2 Å². The van der Waals surface area contributed by atoms with Crippen LogP contribution in [-0.2, 0) is 0 Å². The molecule has 6 nitrogen and oxygen atoms in total. The molecule has 0 aromatic heterocycles. The van der Waals surface area contributed by atoms with E-state index < -0.39 is 6.29 Å². The first-order valence-corrected chi connectivity index (χ1v) is 12.6. The Balaban J connectivity index is 1.40. The molecule has 3 aromatic rings. The van der Waals surface area contributed by atoms with E-state index in [1.807, 2.05) is 66.7 Å². The minimum atomic E-state index is -0.433. The minimum Gasteiger partial charge on any atom is -0.490 e. The lowest BCUT2D eigenvalue weighted by molar-refractivity contribution is -0.00185. The Labute approximate surface area is 209 Å². The molecular formula is C29H39N3O3. The summed E-state index contributed by atoms with van der Waals surface area (Å²) in [6.07, 6.45) is 8.15. The zero-order valence-electron chi connectivity index (χ0n) is 20.7. The smallest absolute Gasteiger partial charge is 0.241 e. The molecule has 0 amide bonds. The highest BCUT2D eigenvalue weighted by Gasteiger charge is 2.14. The molecule has 0 bridgehead atoms. The van der Waals surface area contributed by atoms with Crippen LogP contribution in [0.3, 0.4) is 0 Å². The SMILES string of the molecule is CCC(CCCCCCCC(Oc1cccc(N)c1)Oc1ccccc1N)Oc1cccc(N)c1. The molecule has 0 saturated heterocycles. The maximum Gasteiger partial charge on any atom is 0.241 e. The first kappa shape index (κ1) is 26.1. The molecule has 6 N–H and O–H groups in total. The van der Waals surface area contributed by atoms with Crippen LogP contribution in [0.2, 0.25) is 0 Å². The van der Waals surface area contributed by atoms with E-state index in [-0.39, 0.29) is 6.10 Å². The quantitative estimate of drug-likeness (QED) is 0.126. The molecule has 0 radical (unpaired) electrons. The molecule has 3 aromatic carbocycles. The summed E-state index contributed by atoms with van der Waals surface area (Å²) in [7, 11) is 0. The zero-order chi connectivity index (χ0) is 24.9. The average Bonchev–Trinajstić information content (AvgIpc) is 2.84. The van der Waals surface area contributed by atoms with Gasteiger partial charge >= 0.3 is 0 Å². The number of hydrogen-bond acceptors (Lipinski definition) is 6. The third-order valence-corrected chi connectivity index (χ3v) is 5.89. The summed E-state index contributed by atoms with van der Waals surface area (Å²) in [6.45, 7) is 2.16. The maximum atomic E-state index is 6.11. The number of benzene rings is 3. The zero-order valence-corrected chi connectivity index (χ0v) is 20.7. The maximum absolute atomic E-state index is 6.11. The lowest BCUT2D eigenvalue weighted by Gasteiger charge is -2.21. The van der Waals surface area contributed by atoms with Crippen molar-refractivity contribution in [2.45, 2.75) is 70.7 Å². The Morgan fingerprint density at radius 3 is 1.86 bits per heavy atom. The molecule has 35 heavy (non-hydrogen) atoms. The summed E-state index contributed by atoms with van der Waals surface area (Å²) in [5, 5.41) is 0. The van der Waals surface area contributed by atoms with Crippen molar-refractivity contribution in [3.63, 3.8) is 0 Å². The molecule has 6 heteroatoms. The number of para-hydroxylation sites is 2. The van der Waals surface area contributed by atoms with Gasteiger partial charge in [-0.05, 0) is 62.1 Å². The van der Waals surface area contributed by atoms with Gasteiger partial charge in [-0.25, -0.2) is 0 Å². The summed E-state index contributed by atoms with van der Waals surface area (Å²) in [5.74, 6) is 2.17. The molecule has 0 spiro atoms. The third-order valence-electron chi connectivity index (χ3n) is 5.89. The van der Waals surface area contributed by atoms with E-state index in [2.05, 4.69) is 6.92 Å². The van der Waals surface area contributed by atoms with E-state index in [4.69, 9.17) is 31.4 Å². The predicted molar refractivity (Wildman–Crippen MR) is 145 cm³/mol. The lowest BCUT2D eigenvalue weighted by Crippen LogP contribution is -2.24. The van der Waals surface area contributed by atoms with Gasteiger partial charge in [0.25, 0.3) is 0 Å². The van der Waals surface area contributed by atoms with E-state index in [1.165, 1.54) is 6.42 Å². The van der Waals surface area contributed by atoms with Crippen LogP contribution < -0.4 is 31.4 Å². The van der Waals surface area contributed by atoms with E-state index in [0.29, 0.717) is 22.9 Å². The summed E-state index contributed by atoms with van der Waals surface area (Å²) in [5.41, 5.74) is 19.8. The van der Waals surface area contributed by atoms with Crippen LogP contribution in [0, 0.1) is 0 Å². The Bertz CT molecular complexity index is 1030. The van der Waals surface area contributed by atoms with Crippen molar-refractivity contribution in [2.75, 3.05) is 17.2 Å². The van der Waals surface area contributed by atoms with Crippen molar-refractivity contribution in [1.82, 2.24) is 0 Å². The summed E-state index contributed by atoms with van der Waals surface area (Å²) in [6, 6.07) is 22.5. The highest BCUT2D eigenvalue weighted by atomic mass is 16.7. The number of anilines is 3. The fourth-order valence-corrected chi connectivity index (χ4v) is 3.95. The van der Waals surface area contributed by atoms with Gasteiger partial charge in [-0.15, -0.1) is 0 Å². The number of nitrogen functional groups attached to an aromatic ring is 3. The van der Waals surface area contributed by atoms with Gasteiger partial charge in [0.05, 0.1) is 11.8 Å². The van der Waals surface area contributed by atoms with E-state index >= 15 is 0 Å². The molecule has 2 unspecified atom stereocenters. The molecule has 0 aliphatic rings. The molecule has 2 atom stereocenters. The number of nitrogens with two attached hydrogens (primary N) is 3. The van der Waals surface area contributed by atoms with Crippen LogP contribution in [0.15, 0.2) is 72.8 Å². The van der Waals surface area contributed by atoms with E-state index in [1.54, 1.807) is 6.07 Å². The monoisotopic (exact) mass is 477 g/mol. The first-order valence-electron chi connectivity index (χ1n) is 12.6. The van der Waals surface area contributed by atoms with Crippen LogP contribution >= 0.6 is 0 Å². The minimum absolute atomic E-state index is 0.220. The highest BCUT2D eigenvalue weighted by molar-refractivity contribution is 5.52. The van der Waals surface area contributed by atoms with Gasteiger partial charge in [-0.1, -0.05) is 50.5 Å². The second-order valence-corrected chi connectivity index (χ2v) is 8.84. The molecule has 0 aliphatic heterocycles. The molecule has 188 valence electrons. The molecule has 0 fully saturated rings. The molecule has 0 heterocycles. The first-order chi connectivity index (χ1) is 17.0. The van der Waals surface area contributed by atoms with Crippen molar-refractivity contribution in [3.8, 4) is 17.2 Å². The van der Waals surface area contributed by atoms with Crippen molar-refractivity contribution >= 4 is 17.1 Å². The van der Waals surface area contributed by atoms with Crippen molar-refractivity contribution in [2.24, 2.45) is 0 Å². The fourth-order valence-electron chi connectivity index (χ4n) is 3.95. The highest BCUT2D eigenvalue weighted by Crippen LogP contribution is 2.26. The van der Waals surface area contributed by atoms with Gasteiger partial charge in [0, 0.05) is 29.9 Å². The van der Waals surface area contributed by atoms with Crippen LogP contribution in [0.25, 0.3) is 0 Å². The van der Waals surface area contributed by atoms with Crippen molar-refractivity contribution in [1.29, 1.82) is 0 Å². The van der Waals surface area contributed by atoms with E-state index in [0.717, 1.165) is 56.4 Å². The number of hydrogen-bond donors (Lipinski definition) is 3. The normalized spacial score (nSPS) is 12.6. The topological polar surface area (TPSA) is 106 Å². The van der Waals surface area contributed by atoms with Crippen LogP contribution in [0.1, 0.15) is 58.3 Å². The summed E-state index contributed by atoms with van der Waals surface area (Å²) < 4.78 is 18.3. The van der Waals surface area contributed by atoms with Crippen LogP contribution in [0.4, 0.5) is 17.1 Å². The summed E-state index contributed by atoms with van der Waals surface area (Å²) in [4.78, 5) is 0. The standard InChI is InChI=1S/C29H39N3O3/c1-2-24(33-25-15-10-12-22(30)20-25)14-6-4-3-5-7-19-29(34-26-16-11-13-23(31)21-26)35-28-18-9-8-17-27(28)32/h8-13,15-18,20-21,24,29H,2-7,14,19,30-32H2,1H3. The fraction of sp³-hybridized carbons (Fsp3) is 0.379. The third kappa shape index (κ3) is 9.32. The molecule has 0 aliphatic carbocycles. The molecule has 0 saturated carbocycles.